The van der Waals surface area contributed by atoms with Crippen molar-refractivity contribution in [3.8, 4) is 0 Å². The van der Waals surface area contributed by atoms with Crippen LogP contribution >= 0.6 is 11.6 Å². The van der Waals surface area contributed by atoms with E-state index in [1.807, 2.05) is 6.07 Å². The second-order valence-electron chi connectivity index (χ2n) is 5.59. The number of nitrogens with one attached hydrogen (secondary N) is 1. The molecule has 2 rings (SSSR count). The fourth-order valence-electron chi connectivity index (χ4n) is 2.32. The standard InChI is InChI=1S/C15H20ClNO3/c1-10(2)12-4-3-11(7-13(12)16)14(19)17-15(8-18)5-6-20-9-15/h3-4,7,10,18H,5-6,8-9H2,1-2H3,(H,17,19)/t15-/m0/s1. The second-order valence-corrected chi connectivity index (χ2v) is 5.99. The Morgan fingerprint density at radius 3 is 2.80 bits per heavy atom. The first-order chi connectivity index (χ1) is 9.47. The molecule has 0 radical (unpaired) electrons. The van der Waals surface area contributed by atoms with Crippen molar-refractivity contribution >= 4 is 17.5 Å². The van der Waals surface area contributed by atoms with E-state index in [0.29, 0.717) is 36.1 Å². The Hall–Kier alpha value is -1.10. The first-order valence-electron chi connectivity index (χ1n) is 6.78. The molecule has 1 fully saturated rings. The van der Waals surface area contributed by atoms with Crippen molar-refractivity contribution in [2.24, 2.45) is 0 Å². The van der Waals surface area contributed by atoms with Gasteiger partial charge in [0.1, 0.15) is 0 Å². The van der Waals surface area contributed by atoms with Crippen LogP contribution in [0.4, 0.5) is 0 Å². The molecule has 20 heavy (non-hydrogen) atoms. The van der Waals surface area contributed by atoms with Gasteiger partial charge >= 0.3 is 0 Å². The quantitative estimate of drug-likeness (QED) is 0.897. The van der Waals surface area contributed by atoms with Crippen molar-refractivity contribution in [3.05, 3.63) is 34.3 Å². The molecule has 0 spiro atoms. The van der Waals surface area contributed by atoms with Gasteiger partial charge in [-0.25, -0.2) is 0 Å². The fraction of sp³-hybridized carbons (Fsp3) is 0.533. The Bertz CT molecular complexity index is 496. The number of aliphatic hydroxyl groups is 1. The van der Waals surface area contributed by atoms with Crippen molar-refractivity contribution in [1.82, 2.24) is 5.32 Å². The van der Waals surface area contributed by atoms with Gasteiger partial charge < -0.3 is 15.2 Å². The molecule has 1 aromatic carbocycles. The van der Waals surface area contributed by atoms with Crippen LogP contribution in [0.15, 0.2) is 18.2 Å². The Morgan fingerprint density at radius 1 is 1.55 bits per heavy atom. The smallest absolute Gasteiger partial charge is 0.251 e. The number of halogens is 1. The largest absolute Gasteiger partial charge is 0.394 e. The zero-order chi connectivity index (χ0) is 14.8. The molecule has 1 aromatic rings. The molecule has 1 aliphatic heterocycles. The molecule has 0 aliphatic carbocycles. The third kappa shape index (κ3) is 3.14. The first kappa shape index (κ1) is 15.3. The lowest BCUT2D eigenvalue weighted by molar-refractivity contribution is 0.0789. The summed E-state index contributed by atoms with van der Waals surface area (Å²) in [6.07, 6.45) is 0.618. The van der Waals surface area contributed by atoms with Gasteiger partial charge in [0.25, 0.3) is 5.91 Å². The number of hydrogen-bond donors (Lipinski definition) is 2. The van der Waals surface area contributed by atoms with Crippen LogP contribution in [0.3, 0.4) is 0 Å². The van der Waals surface area contributed by atoms with Crippen molar-refractivity contribution in [2.45, 2.75) is 31.7 Å². The molecule has 0 unspecified atom stereocenters. The van der Waals surface area contributed by atoms with Crippen LogP contribution in [0.1, 0.15) is 42.1 Å². The predicted octanol–water partition coefficient (Wildman–Crippen LogP) is 2.34. The van der Waals surface area contributed by atoms with Crippen molar-refractivity contribution in [3.63, 3.8) is 0 Å². The van der Waals surface area contributed by atoms with E-state index in [9.17, 15) is 9.90 Å². The van der Waals surface area contributed by atoms with Crippen LogP contribution in [-0.4, -0.2) is 36.4 Å². The SMILES string of the molecule is CC(C)c1ccc(C(=O)N[C@]2(CO)CCOC2)cc1Cl. The van der Waals surface area contributed by atoms with E-state index in [1.165, 1.54) is 0 Å². The number of amides is 1. The van der Waals surface area contributed by atoms with Gasteiger partial charge in [-0.15, -0.1) is 0 Å². The minimum absolute atomic E-state index is 0.128. The van der Waals surface area contributed by atoms with Gasteiger partial charge in [-0.1, -0.05) is 31.5 Å². The summed E-state index contributed by atoms with van der Waals surface area (Å²) in [7, 11) is 0. The van der Waals surface area contributed by atoms with Crippen LogP contribution in [0, 0.1) is 0 Å². The lowest BCUT2D eigenvalue weighted by Gasteiger charge is -2.26. The number of aliphatic hydroxyl groups excluding tert-OH is 1. The number of ether oxygens (including phenoxy) is 1. The predicted molar refractivity (Wildman–Crippen MR) is 78.3 cm³/mol. The maximum Gasteiger partial charge on any atom is 0.251 e. The van der Waals surface area contributed by atoms with Gasteiger partial charge in [-0.2, -0.15) is 0 Å². The summed E-state index contributed by atoms with van der Waals surface area (Å²) in [6, 6.07) is 5.31. The average molecular weight is 298 g/mol. The highest BCUT2D eigenvalue weighted by molar-refractivity contribution is 6.31. The third-order valence-electron chi connectivity index (χ3n) is 3.67. The van der Waals surface area contributed by atoms with Gasteiger partial charge in [0.2, 0.25) is 0 Å². The van der Waals surface area contributed by atoms with Gasteiger partial charge in [0.05, 0.1) is 18.8 Å². The van der Waals surface area contributed by atoms with Crippen molar-refractivity contribution in [1.29, 1.82) is 0 Å². The molecule has 110 valence electrons. The third-order valence-corrected chi connectivity index (χ3v) is 4.00. The number of carbonyl (C=O) groups is 1. The summed E-state index contributed by atoms with van der Waals surface area (Å²) in [5.41, 5.74) is 0.851. The van der Waals surface area contributed by atoms with E-state index in [4.69, 9.17) is 16.3 Å². The Kier molecular flexibility index (Phi) is 4.68. The summed E-state index contributed by atoms with van der Waals surface area (Å²) in [4.78, 5) is 12.3. The summed E-state index contributed by atoms with van der Waals surface area (Å²) < 4.78 is 5.26. The zero-order valence-corrected chi connectivity index (χ0v) is 12.5. The molecule has 1 aliphatic rings. The van der Waals surface area contributed by atoms with Gasteiger partial charge in [-0.05, 0) is 30.0 Å². The van der Waals surface area contributed by atoms with Crippen molar-refractivity contribution in [2.75, 3.05) is 19.8 Å². The van der Waals surface area contributed by atoms with Gasteiger partial charge in [0, 0.05) is 17.2 Å². The molecule has 0 saturated carbocycles. The van der Waals surface area contributed by atoms with Crippen molar-refractivity contribution < 1.29 is 14.6 Å². The first-order valence-corrected chi connectivity index (χ1v) is 7.16. The molecule has 4 nitrogen and oxygen atoms in total. The second kappa shape index (κ2) is 6.12. The van der Waals surface area contributed by atoms with Crippen LogP contribution < -0.4 is 5.32 Å². The van der Waals surface area contributed by atoms with Crippen LogP contribution in [0.5, 0.6) is 0 Å². The molecular weight excluding hydrogens is 278 g/mol. The molecule has 1 atom stereocenters. The summed E-state index contributed by atoms with van der Waals surface area (Å²) in [6.45, 7) is 4.87. The number of benzene rings is 1. The molecule has 1 amide bonds. The summed E-state index contributed by atoms with van der Waals surface area (Å²) in [5.74, 6) is 0.0772. The highest BCUT2D eigenvalue weighted by Crippen LogP contribution is 2.26. The highest BCUT2D eigenvalue weighted by Gasteiger charge is 2.36. The van der Waals surface area contributed by atoms with Crippen LogP contribution in [-0.2, 0) is 4.74 Å². The van der Waals surface area contributed by atoms with Gasteiger partial charge in [-0.3, -0.25) is 4.79 Å². The minimum Gasteiger partial charge on any atom is -0.394 e. The minimum atomic E-state index is -0.666. The fourth-order valence-corrected chi connectivity index (χ4v) is 2.72. The molecule has 2 N–H and O–H groups in total. The van der Waals surface area contributed by atoms with E-state index < -0.39 is 5.54 Å². The molecule has 1 heterocycles. The lowest BCUT2D eigenvalue weighted by Crippen LogP contribution is -2.52. The van der Waals surface area contributed by atoms with Gasteiger partial charge in [0.15, 0.2) is 0 Å². The topological polar surface area (TPSA) is 58.6 Å². The van der Waals surface area contributed by atoms with E-state index >= 15 is 0 Å². The Labute approximate surface area is 124 Å². The van der Waals surface area contributed by atoms with E-state index in [-0.39, 0.29) is 12.5 Å². The molecular formula is C15H20ClNO3. The number of rotatable bonds is 4. The van der Waals surface area contributed by atoms with Crippen LogP contribution in [0.25, 0.3) is 0 Å². The molecule has 1 saturated heterocycles. The summed E-state index contributed by atoms with van der Waals surface area (Å²) >= 11 is 6.20. The Balaban J connectivity index is 2.15. The molecule has 0 aromatic heterocycles. The number of carbonyl (C=O) groups excluding carboxylic acids is 1. The Morgan fingerprint density at radius 2 is 2.30 bits per heavy atom. The summed E-state index contributed by atoms with van der Waals surface area (Å²) in [5, 5.41) is 12.9. The molecule has 5 heteroatoms. The average Bonchev–Trinajstić information content (AvgIpc) is 2.87. The highest BCUT2D eigenvalue weighted by atomic mass is 35.5. The maximum atomic E-state index is 12.3. The van der Waals surface area contributed by atoms with E-state index in [1.54, 1.807) is 12.1 Å². The number of hydrogen-bond acceptors (Lipinski definition) is 3. The van der Waals surface area contributed by atoms with Crippen LogP contribution in [0.2, 0.25) is 5.02 Å². The zero-order valence-electron chi connectivity index (χ0n) is 11.8. The lowest BCUT2D eigenvalue weighted by atomic mass is 9.98. The molecule has 0 bridgehead atoms. The maximum absolute atomic E-state index is 12.3. The van der Waals surface area contributed by atoms with E-state index in [2.05, 4.69) is 19.2 Å². The van der Waals surface area contributed by atoms with E-state index in [0.717, 1.165) is 5.56 Å². The normalized spacial score (nSPS) is 22.2. The monoisotopic (exact) mass is 297 g/mol.